The highest BCUT2D eigenvalue weighted by atomic mass is 35.5. The van der Waals surface area contributed by atoms with Crippen molar-refractivity contribution in [1.82, 2.24) is 5.01 Å². The molecule has 2 aromatic carbocycles. The van der Waals surface area contributed by atoms with Crippen LogP contribution in [-0.2, 0) is 4.79 Å². The summed E-state index contributed by atoms with van der Waals surface area (Å²) in [5.41, 5.74) is 1.55. The van der Waals surface area contributed by atoms with Crippen LogP contribution in [0.1, 0.15) is 15.9 Å². The highest BCUT2D eigenvalue weighted by Gasteiger charge is 2.27. The van der Waals surface area contributed by atoms with Crippen molar-refractivity contribution in [3.63, 3.8) is 0 Å². The van der Waals surface area contributed by atoms with Crippen LogP contribution in [0.5, 0.6) is 0 Å². The molecule has 1 aliphatic rings. The molecule has 0 saturated carbocycles. The minimum Gasteiger partial charge on any atom is -0.313 e. The standard InChI is InChI=1S/C17H15ClN4O2/c1-21-14-8-7-12(18)9-13(14)16(20-10-15(21)23)22(19)17(24)11-5-3-2-4-6-11/h2-9H,10,19H2,1H3. The Kier molecular flexibility index (Phi) is 4.33. The number of fused-ring (bicyclic) bond motifs is 1. The van der Waals surface area contributed by atoms with Crippen molar-refractivity contribution in [2.75, 3.05) is 18.5 Å². The van der Waals surface area contributed by atoms with E-state index in [1.165, 1.54) is 4.90 Å². The maximum atomic E-state index is 12.6. The van der Waals surface area contributed by atoms with Crippen molar-refractivity contribution < 1.29 is 9.59 Å². The van der Waals surface area contributed by atoms with Crippen molar-refractivity contribution in [2.45, 2.75) is 0 Å². The van der Waals surface area contributed by atoms with Gasteiger partial charge in [-0.2, -0.15) is 0 Å². The Morgan fingerprint density at radius 2 is 1.96 bits per heavy atom. The van der Waals surface area contributed by atoms with E-state index in [2.05, 4.69) is 4.99 Å². The predicted octanol–water partition coefficient (Wildman–Crippen LogP) is 2.08. The van der Waals surface area contributed by atoms with E-state index in [1.807, 2.05) is 6.07 Å². The summed E-state index contributed by atoms with van der Waals surface area (Å²) in [6.07, 6.45) is 0. The van der Waals surface area contributed by atoms with Crippen molar-refractivity contribution in [3.05, 3.63) is 64.7 Å². The number of benzodiazepines with no additional fused rings is 1. The van der Waals surface area contributed by atoms with Crippen LogP contribution in [0.25, 0.3) is 0 Å². The third-order valence-electron chi connectivity index (χ3n) is 3.77. The van der Waals surface area contributed by atoms with E-state index in [0.29, 0.717) is 21.8 Å². The number of anilines is 1. The second kappa shape index (κ2) is 6.43. The first-order valence-electron chi connectivity index (χ1n) is 7.24. The molecule has 6 nitrogen and oxygen atoms in total. The second-order valence-electron chi connectivity index (χ2n) is 5.30. The molecule has 24 heavy (non-hydrogen) atoms. The number of amidine groups is 1. The van der Waals surface area contributed by atoms with Gasteiger partial charge in [0, 0.05) is 23.2 Å². The molecule has 0 fully saturated rings. The van der Waals surface area contributed by atoms with Crippen LogP contribution >= 0.6 is 11.6 Å². The van der Waals surface area contributed by atoms with Crippen LogP contribution in [-0.4, -0.2) is 36.3 Å². The molecule has 0 unspecified atom stereocenters. The Labute approximate surface area is 144 Å². The van der Waals surface area contributed by atoms with Crippen molar-refractivity contribution in [3.8, 4) is 0 Å². The minimum absolute atomic E-state index is 0.103. The zero-order valence-corrected chi connectivity index (χ0v) is 13.7. The molecule has 0 bridgehead atoms. The zero-order valence-electron chi connectivity index (χ0n) is 12.9. The summed E-state index contributed by atoms with van der Waals surface area (Å²) in [5, 5.41) is 1.42. The van der Waals surface area contributed by atoms with Gasteiger partial charge in [0.05, 0.1) is 5.69 Å². The molecule has 0 spiro atoms. The fourth-order valence-corrected chi connectivity index (χ4v) is 2.64. The highest BCUT2D eigenvalue weighted by Crippen LogP contribution is 2.27. The Morgan fingerprint density at radius 1 is 1.25 bits per heavy atom. The fourth-order valence-electron chi connectivity index (χ4n) is 2.47. The molecule has 0 aromatic heterocycles. The minimum atomic E-state index is -0.419. The molecule has 0 radical (unpaired) electrons. The first kappa shape index (κ1) is 16.2. The number of nitrogens with two attached hydrogens (primary N) is 1. The van der Waals surface area contributed by atoms with Crippen LogP contribution in [0.2, 0.25) is 5.02 Å². The van der Waals surface area contributed by atoms with Crippen molar-refractivity contribution in [1.29, 1.82) is 0 Å². The largest absolute Gasteiger partial charge is 0.313 e. The maximum Gasteiger partial charge on any atom is 0.273 e. The van der Waals surface area contributed by atoms with E-state index in [9.17, 15) is 9.59 Å². The zero-order chi connectivity index (χ0) is 17.3. The van der Waals surface area contributed by atoms with Gasteiger partial charge in [0.2, 0.25) is 5.91 Å². The highest BCUT2D eigenvalue weighted by molar-refractivity contribution is 6.31. The van der Waals surface area contributed by atoms with Gasteiger partial charge in [-0.3, -0.25) is 14.6 Å². The first-order chi connectivity index (χ1) is 11.5. The van der Waals surface area contributed by atoms with Gasteiger partial charge in [0.15, 0.2) is 5.84 Å². The normalized spacial score (nSPS) is 13.9. The maximum absolute atomic E-state index is 12.6. The van der Waals surface area contributed by atoms with Gasteiger partial charge in [-0.25, -0.2) is 10.9 Å². The Balaban J connectivity index is 2.07. The summed E-state index contributed by atoms with van der Waals surface area (Å²) in [6, 6.07) is 13.7. The molecule has 122 valence electrons. The average Bonchev–Trinajstić information content (AvgIpc) is 2.72. The van der Waals surface area contributed by atoms with Crippen LogP contribution < -0.4 is 10.7 Å². The lowest BCUT2D eigenvalue weighted by Crippen LogP contribution is -2.43. The summed E-state index contributed by atoms with van der Waals surface area (Å²) in [6.45, 7) is -0.103. The van der Waals surface area contributed by atoms with E-state index >= 15 is 0 Å². The topological polar surface area (TPSA) is 79.0 Å². The number of hydrazine groups is 1. The quantitative estimate of drug-likeness (QED) is 0.489. The van der Waals surface area contributed by atoms with Crippen LogP contribution in [0.4, 0.5) is 5.69 Å². The van der Waals surface area contributed by atoms with E-state index in [-0.39, 0.29) is 18.3 Å². The number of amides is 2. The molecular formula is C17H15ClN4O2. The third-order valence-corrected chi connectivity index (χ3v) is 4.00. The summed E-state index contributed by atoms with van der Waals surface area (Å²) in [4.78, 5) is 30.4. The lowest BCUT2D eigenvalue weighted by molar-refractivity contribution is -0.116. The monoisotopic (exact) mass is 342 g/mol. The Hall–Kier alpha value is -2.70. The Bertz CT molecular complexity index is 836. The molecule has 2 aromatic rings. The number of rotatable bonds is 1. The third kappa shape index (κ3) is 2.89. The summed E-state index contributed by atoms with van der Waals surface area (Å²) >= 11 is 6.08. The number of hydrogen-bond acceptors (Lipinski definition) is 4. The first-order valence-corrected chi connectivity index (χ1v) is 7.62. The van der Waals surface area contributed by atoms with Gasteiger partial charge in [0.1, 0.15) is 6.54 Å². The molecule has 0 aliphatic carbocycles. The average molecular weight is 343 g/mol. The molecule has 0 atom stereocenters. The fraction of sp³-hybridized carbons (Fsp3) is 0.118. The summed E-state index contributed by atoms with van der Waals surface area (Å²) in [7, 11) is 1.65. The van der Waals surface area contributed by atoms with Gasteiger partial charge in [0.25, 0.3) is 5.91 Å². The number of aliphatic imine (C=N–C) groups is 1. The van der Waals surface area contributed by atoms with Crippen LogP contribution in [0, 0.1) is 0 Å². The van der Waals surface area contributed by atoms with Gasteiger partial charge < -0.3 is 4.90 Å². The van der Waals surface area contributed by atoms with Gasteiger partial charge in [-0.05, 0) is 30.3 Å². The Morgan fingerprint density at radius 3 is 2.67 bits per heavy atom. The molecule has 2 N–H and O–H groups in total. The number of nitrogens with zero attached hydrogens (tertiary/aromatic N) is 3. The lowest BCUT2D eigenvalue weighted by Gasteiger charge is -2.22. The molecule has 0 saturated heterocycles. The molecule has 2 amide bonds. The van der Waals surface area contributed by atoms with Crippen molar-refractivity contribution >= 4 is 34.9 Å². The molecule has 1 heterocycles. The van der Waals surface area contributed by atoms with E-state index in [0.717, 1.165) is 5.01 Å². The number of likely N-dealkylation sites (N-methyl/N-ethyl adjacent to an activating group) is 1. The number of hydrogen-bond donors (Lipinski definition) is 1. The number of carbonyl (C=O) groups is 2. The van der Waals surface area contributed by atoms with E-state index in [1.54, 1.807) is 49.5 Å². The van der Waals surface area contributed by atoms with Gasteiger partial charge in [-0.1, -0.05) is 29.8 Å². The van der Waals surface area contributed by atoms with Crippen LogP contribution in [0.3, 0.4) is 0 Å². The van der Waals surface area contributed by atoms with Gasteiger partial charge in [-0.15, -0.1) is 0 Å². The van der Waals surface area contributed by atoms with E-state index in [4.69, 9.17) is 17.4 Å². The smallest absolute Gasteiger partial charge is 0.273 e. The number of halogens is 1. The van der Waals surface area contributed by atoms with Gasteiger partial charge >= 0.3 is 0 Å². The lowest BCUT2D eigenvalue weighted by atomic mass is 10.1. The summed E-state index contributed by atoms with van der Waals surface area (Å²) < 4.78 is 0. The molecule has 7 heteroatoms. The second-order valence-corrected chi connectivity index (χ2v) is 5.73. The number of carbonyl (C=O) groups excluding carboxylic acids is 2. The van der Waals surface area contributed by atoms with Crippen LogP contribution in [0.15, 0.2) is 53.5 Å². The number of benzene rings is 2. The SMILES string of the molecule is CN1C(=O)CN=C(N(N)C(=O)c2ccccc2)c2cc(Cl)ccc21. The van der Waals surface area contributed by atoms with Crippen molar-refractivity contribution in [2.24, 2.45) is 10.8 Å². The van der Waals surface area contributed by atoms with E-state index < -0.39 is 5.91 Å². The molecular weight excluding hydrogens is 328 g/mol. The summed E-state index contributed by atoms with van der Waals surface area (Å²) in [5.74, 6) is 5.62. The molecule has 3 rings (SSSR count). The predicted molar refractivity (Wildman–Crippen MR) is 93.1 cm³/mol. The molecule has 1 aliphatic heterocycles.